The third-order valence-corrected chi connectivity index (χ3v) is 5.16. The highest BCUT2D eigenvalue weighted by Gasteiger charge is 2.34. The number of carbonyl (C=O) groups excluding carboxylic acids is 1. The molecule has 0 aliphatic carbocycles. The maximum absolute atomic E-state index is 13.4. The molecular formula is C21H17BrN2O2. The molecule has 1 aliphatic rings. The van der Waals surface area contributed by atoms with Gasteiger partial charge in [-0.1, -0.05) is 28.1 Å². The predicted molar refractivity (Wildman–Crippen MR) is 105 cm³/mol. The summed E-state index contributed by atoms with van der Waals surface area (Å²) >= 11 is 3.46. The molecule has 2 heterocycles. The molecule has 0 saturated heterocycles. The highest BCUT2D eigenvalue weighted by molar-refractivity contribution is 9.10. The van der Waals surface area contributed by atoms with Gasteiger partial charge in [0.1, 0.15) is 17.8 Å². The van der Waals surface area contributed by atoms with Crippen LogP contribution in [-0.2, 0) is 0 Å². The minimum atomic E-state index is -0.417. The Bertz CT molecular complexity index is 958. The molecule has 1 aromatic heterocycles. The first-order chi connectivity index (χ1) is 12.7. The molecule has 0 N–H and O–H groups in total. The first kappa shape index (κ1) is 16.8. The molecule has 26 heavy (non-hydrogen) atoms. The second-order valence-electron chi connectivity index (χ2n) is 6.15. The maximum atomic E-state index is 13.4. The molecule has 0 bridgehead atoms. The Morgan fingerprint density at radius 3 is 2.50 bits per heavy atom. The zero-order valence-electron chi connectivity index (χ0n) is 14.2. The minimum absolute atomic E-state index is 0.0369. The second kappa shape index (κ2) is 6.92. The maximum Gasteiger partial charge on any atom is 0.188 e. The van der Waals surface area contributed by atoms with E-state index < -0.39 is 6.04 Å². The summed E-state index contributed by atoms with van der Waals surface area (Å²) in [5.74, 6) is 0.768. The van der Waals surface area contributed by atoms with Gasteiger partial charge in [0.2, 0.25) is 0 Å². The van der Waals surface area contributed by atoms with Gasteiger partial charge in [-0.3, -0.25) is 9.79 Å². The number of aromatic nitrogens is 1. The molecule has 4 nitrogen and oxygen atoms in total. The van der Waals surface area contributed by atoms with Gasteiger partial charge in [0.25, 0.3) is 0 Å². The molecule has 1 aliphatic heterocycles. The van der Waals surface area contributed by atoms with Crippen molar-refractivity contribution in [1.29, 1.82) is 0 Å². The van der Waals surface area contributed by atoms with E-state index in [0.717, 1.165) is 21.5 Å². The number of ether oxygens (including phenoxy) is 1. The van der Waals surface area contributed by atoms with Crippen LogP contribution in [0.15, 0.2) is 76.3 Å². The monoisotopic (exact) mass is 408 g/mol. The summed E-state index contributed by atoms with van der Waals surface area (Å²) in [5.41, 5.74) is 2.59. The van der Waals surface area contributed by atoms with Gasteiger partial charge in [-0.25, -0.2) is 0 Å². The van der Waals surface area contributed by atoms with Crippen LogP contribution in [0.25, 0.3) is 0 Å². The van der Waals surface area contributed by atoms with Gasteiger partial charge in [-0.15, -0.1) is 0 Å². The fraction of sp³-hybridized carbons (Fsp3) is 0.143. The van der Waals surface area contributed by atoms with Crippen molar-refractivity contribution in [3.05, 3.63) is 88.2 Å². The molecule has 0 unspecified atom stereocenters. The van der Waals surface area contributed by atoms with Gasteiger partial charge in [-0.05, 0) is 54.1 Å². The Morgan fingerprint density at radius 2 is 1.81 bits per heavy atom. The summed E-state index contributed by atoms with van der Waals surface area (Å²) in [6.45, 7) is 0. The summed E-state index contributed by atoms with van der Waals surface area (Å²) in [7, 11) is 1.61. The molecule has 130 valence electrons. The van der Waals surface area contributed by atoms with E-state index in [1.807, 2.05) is 65.5 Å². The normalized spacial score (nSPS) is 18.4. The van der Waals surface area contributed by atoms with E-state index in [1.54, 1.807) is 19.2 Å². The standard InChI is InChI=1S/C21H17BrN2O2/c1-26-18-10-6-15(7-11-18)21(25)20-19(14-4-8-16(22)9-5-14)23-13-17-3-2-12-24(17)20/h2-13,19-20H,1H3/t19-,20+/m1/s1. The zero-order valence-corrected chi connectivity index (χ0v) is 15.8. The molecule has 0 fully saturated rings. The number of hydrogen-bond acceptors (Lipinski definition) is 3. The summed E-state index contributed by atoms with van der Waals surface area (Å²) in [5, 5.41) is 0. The summed E-state index contributed by atoms with van der Waals surface area (Å²) in [6, 6.07) is 18.4. The van der Waals surface area contributed by atoms with E-state index in [-0.39, 0.29) is 11.8 Å². The lowest BCUT2D eigenvalue weighted by atomic mass is 9.91. The average molecular weight is 409 g/mol. The number of Topliss-reactive ketones (excluding diaryl/α,β-unsaturated/α-hetero) is 1. The number of nitrogens with zero attached hydrogens (tertiary/aromatic N) is 2. The number of ketones is 1. The third-order valence-electron chi connectivity index (χ3n) is 4.63. The molecule has 5 heteroatoms. The predicted octanol–water partition coefficient (Wildman–Crippen LogP) is 4.86. The van der Waals surface area contributed by atoms with E-state index in [9.17, 15) is 4.79 Å². The number of aliphatic imine (C=N–C) groups is 1. The van der Waals surface area contributed by atoms with Crippen LogP contribution >= 0.6 is 15.9 Å². The SMILES string of the molecule is COc1ccc(C(=O)[C@@H]2[C@@H](c3ccc(Br)cc3)N=Cc3cccn32)cc1. The fourth-order valence-electron chi connectivity index (χ4n) is 3.28. The van der Waals surface area contributed by atoms with Crippen LogP contribution in [0.5, 0.6) is 5.75 Å². The van der Waals surface area contributed by atoms with Crippen molar-refractivity contribution in [2.75, 3.05) is 7.11 Å². The minimum Gasteiger partial charge on any atom is -0.497 e. The Morgan fingerprint density at radius 1 is 1.08 bits per heavy atom. The molecule has 4 rings (SSSR count). The largest absolute Gasteiger partial charge is 0.497 e. The van der Waals surface area contributed by atoms with Crippen molar-refractivity contribution < 1.29 is 9.53 Å². The second-order valence-corrected chi connectivity index (χ2v) is 7.07. The van der Waals surface area contributed by atoms with E-state index >= 15 is 0 Å². The Kier molecular flexibility index (Phi) is 4.47. The van der Waals surface area contributed by atoms with Crippen molar-refractivity contribution in [2.45, 2.75) is 12.1 Å². The quantitative estimate of drug-likeness (QED) is 0.578. The molecule has 0 amide bonds. The van der Waals surface area contributed by atoms with Gasteiger partial charge in [0.15, 0.2) is 5.78 Å². The van der Waals surface area contributed by atoms with Crippen molar-refractivity contribution in [3.63, 3.8) is 0 Å². The van der Waals surface area contributed by atoms with Gasteiger partial charge >= 0.3 is 0 Å². The number of carbonyl (C=O) groups is 1. The van der Waals surface area contributed by atoms with E-state index in [2.05, 4.69) is 15.9 Å². The van der Waals surface area contributed by atoms with Crippen LogP contribution in [-0.4, -0.2) is 23.7 Å². The average Bonchev–Trinajstić information content (AvgIpc) is 3.16. The Balaban J connectivity index is 1.76. The van der Waals surface area contributed by atoms with Crippen LogP contribution in [0.1, 0.15) is 33.7 Å². The smallest absolute Gasteiger partial charge is 0.188 e. The lowest BCUT2D eigenvalue weighted by Crippen LogP contribution is -2.29. The zero-order chi connectivity index (χ0) is 18.1. The molecule has 0 radical (unpaired) electrons. The summed E-state index contributed by atoms with van der Waals surface area (Å²) < 4.78 is 8.20. The number of hydrogen-bond donors (Lipinski definition) is 0. The lowest BCUT2D eigenvalue weighted by Gasteiger charge is -2.29. The fourth-order valence-corrected chi connectivity index (χ4v) is 3.55. The lowest BCUT2D eigenvalue weighted by molar-refractivity contribution is 0.0905. The van der Waals surface area contributed by atoms with Crippen LogP contribution in [0.2, 0.25) is 0 Å². The molecular weight excluding hydrogens is 392 g/mol. The molecule has 2 atom stereocenters. The number of halogens is 1. The first-order valence-corrected chi connectivity index (χ1v) is 9.10. The van der Waals surface area contributed by atoms with Crippen LogP contribution in [0.3, 0.4) is 0 Å². The third kappa shape index (κ3) is 2.99. The summed E-state index contributed by atoms with van der Waals surface area (Å²) in [6.07, 6.45) is 3.78. The van der Waals surface area contributed by atoms with Gasteiger partial charge in [-0.2, -0.15) is 0 Å². The highest BCUT2D eigenvalue weighted by Crippen LogP contribution is 2.37. The Labute approximate surface area is 160 Å². The highest BCUT2D eigenvalue weighted by atomic mass is 79.9. The molecule has 0 saturated carbocycles. The van der Waals surface area contributed by atoms with Crippen LogP contribution in [0.4, 0.5) is 0 Å². The van der Waals surface area contributed by atoms with Crippen molar-refractivity contribution in [2.24, 2.45) is 4.99 Å². The topological polar surface area (TPSA) is 43.6 Å². The van der Waals surface area contributed by atoms with Crippen LogP contribution < -0.4 is 4.74 Å². The van der Waals surface area contributed by atoms with E-state index in [0.29, 0.717) is 5.56 Å². The molecule has 3 aromatic rings. The van der Waals surface area contributed by atoms with Gasteiger partial charge in [0.05, 0.1) is 12.8 Å². The van der Waals surface area contributed by atoms with Gasteiger partial charge in [0, 0.05) is 22.4 Å². The van der Waals surface area contributed by atoms with Crippen molar-refractivity contribution in [1.82, 2.24) is 4.57 Å². The van der Waals surface area contributed by atoms with Crippen molar-refractivity contribution in [3.8, 4) is 5.75 Å². The number of methoxy groups -OCH3 is 1. The first-order valence-electron chi connectivity index (χ1n) is 8.31. The van der Waals surface area contributed by atoms with Crippen molar-refractivity contribution >= 4 is 27.9 Å². The van der Waals surface area contributed by atoms with E-state index in [1.165, 1.54) is 0 Å². The van der Waals surface area contributed by atoms with E-state index in [4.69, 9.17) is 9.73 Å². The number of fused-ring (bicyclic) bond motifs is 1. The van der Waals surface area contributed by atoms with Gasteiger partial charge < -0.3 is 9.30 Å². The number of rotatable bonds is 4. The molecule has 0 spiro atoms. The Hall–Kier alpha value is -2.66. The number of benzene rings is 2. The molecule has 2 aromatic carbocycles. The summed E-state index contributed by atoms with van der Waals surface area (Å²) in [4.78, 5) is 18.1. The van der Waals surface area contributed by atoms with Crippen LogP contribution in [0, 0.1) is 0 Å².